The predicted molar refractivity (Wildman–Crippen MR) is 217 cm³/mol. The first-order valence-electron chi connectivity index (χ1n) is 22.4. The van der Waals surface area contributed by atoms with Crippen LogP contribution in [0.15, 0.2) is 114 Å². The molecule has 1 aliphatic carbocycles. The molecule has 273 valence electrons. The van der Waals surface area contributed by atoms with Crippen molar-refractivity contribution in [3.63, 3.8) is 0 Å². The Labute approximate surface area is 342 Å². The SMILES string of the molecule is [2H]C([2H])([2H])c1c[c-]c(-c2ccc(C([2H])([2H])C(C)(C)C)cn2)cc1-c1ccccc1.[2H]C([2H])([2H])c1cnc(-c2[c-]ccc3c2oc2ccccc23)cc1C1([2H])CCC(C)(C)CC1.[Ir]. The Kier molecular flexibility index (Phi) is 8.45. The molecule has 1 aliphatic rings. The molecule has 0 bridgehead atoms. The summed E-state index contributed by atoms with van der Waals surface area (Å²) in [5, 5.41) is 1.99. The monoisotopic (exact) mass is 884 g/mol. The number of aryl methyl sites for hydroxylation is 2. The average molecular weight is 884 g/mol. The summed E-state index contributed by atoms with van der Waals surface area (Å²) in [6, 6.07) is 35.9. The van der Waals surface area contributed by atoms with Gasteiger partial charge in [0.15, 0.2) is 0 Å². The zero-order valence-corrected chi connectivity index (χ0v) is 33.3. The molecule has 7 aromatic rings. The van der Waals surface area contributed by atoms with Crippen molar-refractivity contribution in [1.82, 2.24) is 9.97 Å². The fourth-order valence-electron chi connectivity index (χ4n) is 6.82. The molecule has 0 N–H and O–H groups in total. The van der Waals surface area contributed by atoms with Crippen molar-refractivity contribution in [2.45, 2.75) is 86.3 Å². The molecule has 0 unspecified atom stereocenters. The van der Waals surface area contributed by atoms with Crippen molar-refractivity contribution in [2.75, 3.05) is 0 Å². The van der Waals surface area contributed by atoms with E-state index >= 15 is 0 Å². The molecule has 0 aliphatic heterocycles. The van der Waals surface area contributed by atoms with Gasteiger partial charge in [0.05, 0.1) is 5.58 Å². The van der Waals surface area contributed by atoms with Gasteiger partial charge in [-0.2, -0.15) is 0 Å². The smallest absolute Gasteiger partial charge is 0.120 e. The van der Waals surface area contributed by atoms with Crippen LogP contribution < -0.4 is 0 Å². The molecule has 0 spiro atoms. The van der Waals surface area contributed by atoms with Crippen LogP contribution in [0.5, 0.6) is 0 Å². The summed E-state index contributed by atoms with van der Waals surface area (Å²) < 4.78 is 79.9. The van der Waals surface area contributed by atoms with Gasteiger partial charge >= 0.3 is 0 Å². The van der Waals surface area contributed by atoms with E-state index in [1.807, 2.05) is 87.5 Å². The van der Waals surface area contributed by atoms with Gasteiger partial charge in [-0.3, -0.25) is 0 Å². The zero-order valence-electron chi connectivity index (χ0n) is 39.9. The first-order chi connectivity index (χ1) is 28.5. The number of hydrogen-bond donors (Lipinski definition) is 0. The third kappa shape index (κ3) is 8.89. The molecule has 1 fully saturated rings. The van der Waals surface area contributed by atoms with Crippen LogP contribution in [0, 0.1) is 36.7 Å². The van der Waals surface area contributed by atoms with Crippen molar-refractivity contribution < 1.29 is 36.9 Å². The fourth-order valence-corrected chi connectivity index (χ4v) is 6.82. The third-order valence-electron chi connectivity index (χ3n) is 9.68. The Bertz CT molecular complexity index is 2670. The number of para-hydroxylation sites is 1. The van der Waals surface area contributed by atoms with Crippen LogP contribution in [-0.4, -0.2) is 9.97 Å². The number of fused-ring (bicyclic) bond motifs is 3. The van der Waals surface area contributed by atoms with Gasteiger partial charge in [-0.15, -0.1) is 47.5 Å². The maximum atomic E-state index is 9.26. The summed E-state index contributed by atoms with van der Waals surface area (Å²) in [4.78, 5) is 8.96. The summed E-state index contributed by atoms with van der Waals surface area (Å²) >= 11 is 0. The molecule has 0 amide bonds. The average Bonchev–Trinajstić information content (AvgIpc) is 3.60. The topological polar surface area (TPSA) is 38.9 Å². The van der Waals surface area contributed by atoms with Crippen LogP contribution in [0.25, 0.3) is 55.6 Å². The summed E-state index contributed by atoms with van der Waals surface area (Å²) in [5.41, 5.74) is 6.56. The second-order valence-electron chi connectivity index (χ2n) is 15.4. The van der Waals surface area contributed by atoms with E-state index in [1.165, 1.54) is 12.3 Å². The number of aromatic nitrogens is 2. The van der Waals surface area contributed by atoms with Gasteiger partial charge in [0.2, 0.25) is 0 Å². The Hall–Kier alpha value is -4.37. The molecule has 4 heteroatoms. The fraction of sp³-hybridized carbons (Fsp3) is 0.306. The van der Waals surface area contributed by atoms with Crippen LogP contribution in [0.4, 0.5) is 0 Å². The van der Waals surface area contributed by atoms with E-state index < -0.39 is 31.4 Å². The molecule has 0 saturated heterocycles. The van der Waals surface area contributed by atoms with E-state index in [0.717, 1.165) is 34.8 Å². The molecule has 1 saturated carbocycles. The van der Waals surface area contributed by atoms with Crippen LogP contribution in [-0.2, 0) is 26.5 Å². The summed E-state index contributed by atoms with van der Waals surface area (Å²) in [7, 11) is 0. The summed E-state index contributed by atoms with van der Waals surface area (Å²) in [6.45, 7) is 5.42. The van der Waals surface area contributed by atoms with Gasteiger partial charge in [-0.1, -0.05) is 125 Å². The van der Waals surface area contributed by atoms with Crippen LogP contribution in [0.1, 0.15) is 101 Å². The Morgan fingerprint density at radius 3 is 2.30 bits per heavy atom. The molecule has 3 aromatic heterocycles. The van der Waals surface area contributed by atoms with Gasteiger partial charge in [0, 0.05) is 50.2 Å². The number of rotatable bonds is 5. The van der Waals surface area contributed by atoms with Crippen molar-refractivity contribution in [3.8, 4) is 33.6 Å². The predicted octanol–water partition coefficient (Wildman–Crippen LogP) is 13.6. The molecule has 1 radical (unpaired) electrons. The minimum absolute atomic E-state index is 0. The standard InChI is InChI=1S/C26H26NO.C23H24N.Ir/c1-17-16-27-23(15-22(17)18-11-13-26(2,3)14-12-18)21-9-6-8-20-19-7-4-5-10-24(19)28-25(20)21;1-17-10-12-20(14-21(17)19-8-6-5-7-9-19)22-13-11-18(16-24-22)15-23(2,3)4;/h4-8,10,15-16,18H,11-14H2,1-3H3;5-11,13-14,16H,15H2,1-4H3;/q2*-1;/i1D3,18D;1D3,15D2;. The van der Waals surface area contributed by atoms with Crippen LogP contribution >= 0.6 is 0 Å². The van der Waals surface area contributed by atoms with E-state index in [9.17, 15) is 1.37 Å². The quantitative estimate of drug-likeness (QED) is 0.162. The maximum Gasteiger partial charge on any atom is 0.120 e. The molecule has 3 nitrogen and oxygen atoms in total. The molecule has 3 heterocycles. The molecule has 8 rings (SSSR count). The third-order valence-corrected chi connectivity index (χ3v) is 9.68. The second kappa shape index (κ2) is 15.9. The number of nitrogens with zero attached hydrogens (tertiary/aromatic N) is 2. The Balaban J connectivity index is 0.000000205. The van der Waals surface area contributed by atoms with Crippen molar-refractivity contribution in [1.29, 1.82) is 0 Å². The van der Waals surface area contributed by atoms with E-state index in [0.29, 0.717) is 57.6 Å². The number of furan rings is 1. The summed E-state index contributed by atoms with van der Waals surface area (Å²) in [6.07, 6.45) is 4.50. The maximum absolute atomic E-state index is 9.26. The van der Waals surface area contributed by atoms with Crippen molar-refractivity contribution in [2.24, 2.45) is 10.8 Å². The second-order valence-corrected chi connectivity index (χ2v) is 15.4. The minimum atomic E-state index is -2.32. The molecule has 4 aromatic carbocycles. The number of benzene rings is 4. The van der Waals surface area contributed by atoms with E-state index in [1.54, 1.807) is 30.5 Å². The molecule has 0 atom stereocenters. The number of pyridine rings is 2. The normalized spacial score (nSPS) is 18.2. The summed E-state index contributed by atoms with van der Waals surface area (Å²) in [5.74, 6) is -0.946. The van der Waals surface area contributed by atoms with Crippen molar-refractivity contribution in [3.05, 3.63) is 144 Å². The van der Waals surface area contributed by atoms with Gasteiger partial charge in [-0.05, 0) is 95.3 Å². The first kappa shape index (κ1) is 28.1. The molecular weight excluding hydrogens is 825 g/mol. The minimum Gasteiger partial charge on any atom is -0.501 e. The van der Waals surface area contributed by atoms with E-state index in [-0.39, 0.29) is 36.6 Å². The van der Waals surface area contributed by atoms with Gasteiger partial charge < -0.3 is 14.4 Å². The Morgan fingerprint density at radius 1 is 0.849 bits per heavy atom. The van der Waals surface area contributed by atoms with Crippen LogP contribution in [0.2, 0.25) is 0 Å². The molecular formula is C49H50IrN2O-2. The Morgan fingerprint density at radius 2 is 1.58 bits per heavy atom. The van der Waals surface area contributed by atoms with E-state index in [4.69, 9.17) is 15.4 Å². The first-order valence-corrected chi connectivity index (χ1v) is 17.9. The van der Waals surface area contributed by atoms with Gasteiger partial charge in [-0.25, -0.2) is 0 Å². The van der Waals surface area contributed by atoms with Gasteiger partial charge in [0.1, 0.15) is 5.58 Å². The van der Waals surface area contributed by atoms with Gasteiger partial charge in [0.25, 0.3) is 0 Å². The largest absolute Gasteiger partial charge is 0.501 e. The van der Waals surface area contributed by atoms with Crippen molar-refractivity contribution >= 4 is 21.9 Å². The molecule has 53 heavy (non-hydrogen) atoms. The number of hydrogen-bond acceptors (Lipinski definition) is 3. The van der Waals surface area contributed by atoms with Crippen LogP contribution in [0.3, 0.4) is 0 Å². The van der Waals surface area contributed by atoms with E-state index in [2.05, 4.69) is 35.9 Å². The zero-order chi connectivity index (χ0) is 44.2.